The quantitative estimate of drug-likeness (QED) is 0.839. The SMILES string of the molecule is CS(=O)(=O)Cc1nc(C2CCCC2)n[nH]1. The van der Waals surface area contributed by atoms with Crippen LogP contribution in [-0.2, 0) is 15.6 Å². The van der Waals surface area contributed by atoms with Gasteiger partial charge in [-0.3, -0.25) is 5.10 Å². The van der Waals surface area contributed by atoms with Gasteiger partial charge in [0.05, 0.1) is 0 Å². The maximum Gasteiger partial charge on any atom is 0.154 e. The smallest absolute Gasteiger partial charge is 0.154 e. The first-order valence-corrected chi connectivity index (χ1v) is 7.19. The Bertz CT molecular complexity index is 432. The van der Waals surface area contributed by atoms with Crippen LogP contribution in [0.25, 0.3) is 0 Å². The Kier molecular flexibility index (Phi) is 2.77. The Hall–Kier alpha value is -0.910. The predicted molar refractivity (Wildman–Crippen MR) is 56.1 cm³/mol. The van der Waals surface area contributed by atoms with Gasteiger partial charge in [-0.25, -0.2) is 13.4 Å². The van der Waals surface area contributed by atoms with Crippen molar-refractivity contribution in [3.63, 3.8) is 0 Å². The van der Waals surface area contributed by atoms with Crippen molar-refractivity contribution < 1.29 is 8.42 Å². The van der Waals surface area contributed by atoms with Gasteiger partial charge in [0.25, 0.3) is 0 Å². The molecule has 6 heteroatoms. The number of rotatable bonds is 3. The molecule has 1 heterocycles. The summed E-state index contributed by atoms with van der Waals surface area (Å²) in [5.41, 5.74) is 0. The molecule has 1 aliphatic rings. The van der Waals surface area contributed by atoms with E-state index in [9.17, 15) is 8.42 Å². The molecular weight excluding hydrogens is 214 g/mol. The van der Waals surface area contributed by atoms with E-state index in [1.807, 2.05) is 0 Å². The van der Waals surface area contributed by atoms with Crippen LogP contribution >= 0.6 is 0 Å². The van der Waals surface area contributed by atoms with Crippen molar-refractivity contribution in [3.8, 4) is 0 Å². The highest BCUT2D eigenvalue weighted by molar-refractivity contribution is 7.89. The van der Waals surface area contributed by atoms with Crippen molar-refractivity contribution in [2.75, 3.05) is 6.26 Å². The van der Waals surface area contributed by atoms with Crippen molar-refractivity contribution in [1.29, 1.82) is 0 Å². The number of hydrogen-bond donors (Lipinski definition) is 1. The number of sulfone groups is 1. The maximum absolute atomic E-state index is 11.0. The van der Waals surface area contributed by atoms with Crippen molar-refractivity contribution in [2.24, 2.45) is 0 Å². The van der Waals surface area contributed by atoms with Crippen molar-refractivity contribution in [3.05, 3.63) is 11.6 Å². The Balaban J connectivity index is 2.10. The zero-order valence-corrected chi connectivity index (χ0v) is 9.55. The molecule has 5 nitrogen and oxygen atoms in total. The maximum atomic E-state index is 11.0. The first-order chi connectivity index (χ1) is 7.04. The molecule has 1 aromatic rings. The number of aromatic amines is 1. The third kappa shape index (κ3) is 2.77. The van der Waals surface area contributed by atoms with Crippen LogP contribution in [0.15, 0.2) is 0 Å². The average Bonchev–Trinajstić information content (AvgIpc) is 2.68. The molecule has 0 unspecified atom stereocenters. The second-order valence-corrected chi connectivity index (χ2v) is 6.33. The molecule has 84 valence electrons. The highest BCUT2D eigenvalue weighted by Gasteiger charge is 2.21. The first-order valence-electron chi connectivity index (χ1n) is 5.13. The number of nitrogens with zero attached hydrogens (tertiary/aromatic N) is 2. The molecule has 1 N–H and O–H groups in total. The second-order valence-electron chi connectivity index (χ2n) is 4.19. The Morgan fingerprint density at radius 2 is 2.07 bits per heavy atom. The van der Waals surface area contributed by atoms with Crippen LogP contribution in [0.2, 0.25) is 0 Å². The van der Waals surface area contributed by atoms with Gasteiger partial charge in [0.1, 0.15) is 11.6 Å². The summed E-state index contributed by atoms with van der Waals surface area (Å²) in [6, 6.07) is 0. The molecule has 0 aliphatic heterocycles. The van der Waals surface area contributed by atoms with Crippen molar-refractivity contribution in [1.82, 2.24) is 15.2 Å². The number of hydrogen-bond acceptors (Lipinski definition) is 4. The first kappa shape index (κ1) is 10.6. The molecule has 0 spiro atoms. The second kappa shape index (κ2) is 3.92. The largest absolute Gasteiger partial charge is 0.262 e. The fourth-order valence-electron chi connectivity index (χ4n) is 1.99. The highest BCUT2D eigenvalue weighted by Crippen LogP contribution is 2.31. The van der Waals surface area contributed by atoms with E-state index in [0.717, 1.165) is 18.7 Å². The molecule has 15 heavy (non-hydrogen) atoms. The highest BCUT2D eigenvalue weighted by atomic mass is 32.2. The van der Waals surface area contributed by atoms with Gasteiger partial charge in [-0.2, -0.15) is 5.10 Å². The van der Waals surface area contributed by atoms with E-state index in [2.05, 4.69) is 15.2 Å². The lowest BCUT2D eigenvalue weighted by atomic mass is 10.1. The molecule has 1 fully saturated rings. The van der Waals surface area contributed by atoms with Crippen LogP contribution in [0.3, 0.4) is 0 Å². The number of aromatic nitrogens is 3. The van der Waals surface area contributed by atoms with Crippen LogP contribution in [-0.4, -0.2) is 29.9 Å². The molecule has 1 saturated carbocycles. The van der Waals surface area contributed by atoms with Crippen LogP contribution in [0.5, 0.6) is 0 Å². The van der Waals surface area contributed by atoms with E-state index in [0.29, 0.717) is 11.7 Å². The normalized spacial score (nSPS) is 18.5. The van der Waals surface area contributed by atoms with Crippen LogP contribution < -0.4 is 0 Å². The lowest BCUT2D eigenvalue weighted by Gasteiger charge is -2.00. The van der Waals surface area contributed by atoms with Crippen LogP contribution in [0.1, 0.15) is 43.3 Å². The van der Waals surface area contributed by atoms with Gasteiger partial charge >= 0.3 is 0 Å². The van der Waals surface area contributed by atoms with Crippen molar-refractivity contribution in [2.45, 2.75) is 37.4 Å². The molecule has 0 amide bonds. The summed E-state index contributed by atoms with van der Waals surface area (Å²) in [5, 5.41) is 6.78. The van der Waals surface area contributed by atoms with E-state index < -0.39 is 9.84 Å². The number of nitrogens with one attached hydrogen (secondary N) is 1. The molecule has 0 aromatic carbocycles. The zero-order valence-electron chi connectivity index (χ0n) is 8.73. The van der Waals surface area contributed by atoms with Gasteiger partial charge < -0.3 is 0 Å². The van der Waals surface area contributed by atoms with Gasteiger partial charge in [0, 0.05) is 12.2 Å². The molecule has 2 rings (SSSR count). The van der Waals surface area contributed by atoms with Gasteiger partial charge in [-0.1, -0.05) is 12.8 Å². The number of H-pyrrole nitrogens is 1. The van der Waals surface area contributed by atoms with E-state index in [-0.39, 0.29) is 5.75 Å². The van der Waals surface area contributed by atoms with Gasteiger partial charge in [0.15, 0.2) is 15.7 Å². The van der Waals surface area contributed by atoms with E-state index in [1.54, 1.807) is 0 Å². The Morgan fingerprint density at radius 1 is 1.40 bits per heavy atom. The molecule has 1 aromatic heterocycles. The average molecular weight is 229 g/mol. The minimum absolute atomic E-state index is 0.0489. The standard InChI is InChI=1S/C9H15N3O2S/c1-15(13,14)6-8-10-9(12-11-8)7-4-2-3-5-7/h7H,2-6H2,1H3,(H,10,11,12). The lowest BCUT2D eigenvalue weighted by Crippen LogP contribution is -2.02. The predicted octanol–water partition coefficient (Wildman–Crippen LogP) is 1.01. The molecule has 0 atom stereocenters. The summed E-state index contributed by atoms with van der Waals surface area (Å²) in [4.78, 5) is 4.23. The van der Waals surface area contributed by atoms with Crippen molar-refractivity contribution >= 4 is 9.84 Å². The summed E-state index contributed by atoms with van der Waals surface area (Å²) in [5.74, 6) is 1.62. The van der Waals surface area contributed by atoms with E-state index >= 15 is 0 Å². The van der Waals surface area contributed by atoms with Gasteiger partial charge in [-0.15, -0.1) is 0 Å². The lowest BCUT2D eigenvalue weighted by molar-refractivity contribution is 0.599. The van der Waals surface area contributed by atoms with E-state index in [1.165, 1.54) is 19.1 Å². The van der Waals surface area contributed by atoms with Crippen LogP contribution in [0, 0.1) is 0 Å². The van der Waals surface area contributed by atoms with E-state index in [4.69, 9.17) is 0 Å². The summed E-state index contributed by atoms with van der Waals surface area (Å²) < 4.78 is 22.1. The topological polar surface area (TPSA) is 75.7 Å². The third-order valence-electron chi connectivity index (χ3n) is 2.67. The van der Waals surface area contributed by atoms with Crippen LogP contribution in [0.4, 0.5) is 0 Å². The van der Waals surface area contributed by atoms with Gasteiger partial charge in [-0.05, 0) is 12.8 Å². The molecular formula is C9H15N3O2S. The molecule has 0 radical (unpaired) electrons. The Morgan fingerprint density at radius 3 is 2.67 bits per heavy atom. The monoisotopic (exact) mass is 229 g/mol. The minimum Gasteiger partial charge on any atom is -0.262 e. The summed E-state index contributed by atoms with van der Waals surface area (Å²) >= 11 is 0. The zero-order chi connectivity index (χ0) is 10.9. The summed E-state index contributed by atoms with van der Waals surface area (Å²) in [6.45, 7) is 0. The van der Waals surface area contributed by atoms with Gasteiger partial charge in [0.2, 0.25) is 0 Å². The molecule has 0 saturated heterocycles. The Labute approximate surface area is 89.2 Å². The minimum atomic E-state index is -3.02. The summed E-state index contributed by atoms with van der Waals surface area (Å²) in [7, 11) is -3.02. The third-order valence-corrected chi connectivity index (χ3v) is 3.47. The fraction of sp³-hybridized carbons (Fsp3) is 0.778. The molecule has 0 bridgehead atoms. The summed E-state index contributed by atoms with van der Waals surface area (Å²) in [6.07, 6.45) is 5.89. The fourth-order valence-corrected chi connectivity index (χ4v) is 2.62. The molecule has 1 aliphatic carbocycles.